The van der Waals surface area contributed by atoms with Gasteiger partial charge in [-0.2, -0.15) is 0 Å². The predicted molar refractivity (Wildman–Crippen MR) is 80.0 cm³/mol. The lowest BCUT2D eigenvalue weighted by molar-refractivity contribution is -0.118. The van der Waals surface area contributed by atoms with Gasteiger partial charge in [0.15, 0.2) is 9.77 Å². The SMILES string of the molecule is CC1(O)CCN(c2cccc(S(=O)(=O)C3(C(N)=O)CC3)n2)C1. The second-order valence-electron chi connectivity index (χ2n) is 6.36. The molecule has 120 valence electrons. The topological polar surface area (TPSA) is 114 Å². The quantitative estimate of drug-likeness (QED) is 0.795. The maximum atomic E-state index is 12.6. The van der Waals surface area contributed by atoms with E-state index in [1.807, 2.05) is 4.90 Å². The minimum atomic E-state index is -3.88. The molecule has 1 saturated carbocycles. The van der Waals surface area contributed by atoms with Gasteiger partial charge in [-0.15, -0.1) is 0 Å². The lowest BCUT2D eigenvalue weighted by Crippen LogP contribution is -2.38. The fourth-order valence-corrected chi connectivity index (χ4v) is 4.61. The Labute approximate surface area is 129 Å². The van der Waals surface area contributed by atoms with Crippen molar-refractivity contribution in [3.05, 3.63) is 18.2 Å². The van der Waals surface area contributed by atoms with Gasteiger partial charge >= 0.3 is 0 Å². The van der Waals surface area contributed by atoms with Gasteiger partial charge in [0.1, 0.15) is 5.82 Å². The summed E-state index contributed by atoms with van der Waals surface area (Å²) in [5.74, 6) is -0.331. The summed E-state index contributed by atoms with van der Waals surface area (Å²) < 4.78 is 23.8. The first-order valence-corrected chi connectivity index (χ1v) is 8.65. The van der Waals surface area contributed by atoms with Crippen LogP contribution in [0.3, 0.4) is 0 Å². The molecule has 1 aliphatic heterocycles. The fourth-order valence-electron chi connectivity index (χ4n) is 2.83. The normalized spacial score (nSPS) is 26.9. The lowest BCUT2D eigenvalue weighted by Gasteiger charge is -2.20. The van der Waals surface area contributed by atoms with Crippen LogP contribution in [0.15, 0.2) is 23.2 Å². The standard InChI is InChI=1S/C14H19N3O4S/c1-13(19)7-8-17(9-13)10-3-2-4-11(16-10)22(20,21)14(5-6-14)12(15)18/h2-4,19H,5-9H2,1H3,(H2,15,18). The van der Waals surface area contributed by atoms with Crippen molar-refractivity contribution in [1.82, 2.24) is 4.98 Å². The van der Waals surface area contributed by atoms with Crippen molar-refractivity contribution in [1.29, 1.82) is 0 Å². The second-order valence-corrected chi connectivity index (χ2v) is 8.57. The molecule has 2 aliphatic rings. The van der Waals surface area contributed by atoms with E-state index in [1.54, 1.807) is 19.1 Å². The average molecular weight is 325 g/mol. The molecule has 1 saturated heterocycles. The maximum absolute atomic E-state index is 12.6. The molecule has 0 spiro atoms. The third-order valence-electron chi connectivity index (χ3n) is 4.43. The van der Waals surface area contributed by atoms with Gasteiger partial charge < -0.3 is 15.7 Å². The van der Waals surface area contributed by atoms with Gasteiger partial charge in [-0.1, -0.05) is 6.07 Å². The minimum absolute atomic E-state index is 0.132. The summed E-state index contributed by atoms with van der Waals surface area (Å²) in [5, 5.41) is 9.89. The molecule has 0 aromatic carbocycles. The van der Waals surface area contributed by atoms with Crippen LogP contribution < -0.4 is 10.6 Å². The van der Waals surface area contributed by atoms with Gasteiger partial charge in [-0.05, 0) is 38.3 Å². The van der Waals surface area contributed by atoms with Crippen LogP contribution in [0.4, 0.5) is 5.82 Å². The minimum Gasteiger partial charge on any atom is -0.388 e. The first-order chi connectivity index (χ1) is 10.2. The summed E-state index contributed by atoms with van der Waals surface area (Å²) in [5.41, 5.74) is 4.46. The molecule has 1 amide bonds. The van der Waals surface area contributed by atoms with Crippen molar-refractivity contribution in [2.75, 3.05) is 18.0 Å². The number of sulfone groups is 1. The molecular formula is C14H19N3O4S. The Kier molecular flexibility index (Phi) is 3.23. The monoisotopic (exact) mass is 325 g/mol. The summed E-state index contributed by atoms with van der Waals surface area (Å²) in [6.45, 7) is 2.73. The zero-order valence-corrected chi connectivity index (χ0v) is 13.1. The number of carbonyl (C=O) groups is 1. The molecule has 22 heavy (non-hydrogen) atoms. The largest absolute Gasteiger partial charge is 0.388 e. The van der Waals surface area contributed by atoms with Gasteiger partial charge in [-0.3, -0.25) is 4.79 Å². The van der Waals surface area contributed by atoms with E-state index in [4.69, 9.17) is 5.73 Å². The Morgan fingerprint density at radius 3 is 2.55 bits per heavy atom. The second kappa shape index (κ2) is 4.66. The predicted octanol–water partition coefficient (Wildman–Crippen LogP) is -0.166. The van der Waals surface area contributed by atoms with Gasteiger partial charge in [0.05, 0.1) is 5.60 Å². The summed E-state index contributed by atoms with van der Waals surface area (Å²) >= 11 is 0. The molecule has 8 heteroatoms. The Bertz CT molecular complexity index is 725. The van der Waals surface area contributed by atoms with Gasteiger partial charge in [-0.25, -0.2) is 13.4 Å². The van der Waals surface area contributed by atoms with Crippen molar-refractivity contribution < 1.29 is 18.3 Å². The van der Waals surface area contributed by atoms with Gasteiger partial charge in [0, 0.05) is 13.1 Å². The van der Waals surface area contributed by atoms with Crippen LogP contribution in [-0.4, -0.2) is 47.9 Å². The van der Waals surface area contributed by atoms with Crippen LogP contribution in [-0.2, 0) is 14.6 Å². The van der Waals surface area contributed by atoms with E-state index in [0.29, 0.717) is 25.3 Å². The van der Waals surface area contributed by atoms with Crippen LogP contribution >= 0.6 is 0 Å². The number of primary amides is 1. The zero-order chi connectivity index (χ0) is 16.2. The number of hydrogen-bond acceptors (Lipinski definition) is 6. The number of pyridine rings is 1. The van der Waals surface area contributed by atoms with E-state index < -0.39 is 26.1 Å². The van der Waals surface area contributed by atoms with Gasteiger partial charge in [0.2, 0.25) is 15.7 Å². The van der Waals surface area contributed by atoms with E-state index in [9.17, 15) is 18.3 Å². The molecule has 0 bridgehead atoms. The molecule has 1 aromatic rings. The average Bonchev–Trinajstić information content (AvgIpc) is 3.19. The van der Waals surface area contributed by atoms with E-state index in [2.05, 4.69) is 4.98 Å². The van der Waals surface area contributed by atoms with Crippen LogP contribution in [0.25, 0.3) is 0 Å². The van der Waals surface area contributed by atoms with Crippen molar-refractivity contribution in [3.63, 3.8) is 0 Å². The highest BCUT2D eigenvalue weighted by molar-refractivity contribution is 7.93. The number of amides is 1. The van der Waals surface area contributed by atoms with E-state index in [0.717, 1.165) is 0 Å². The summed E-state index contributed by atoms with van der Waals surface area (Å²) in [6.07, 6.45) is 1.08. The smallest absolute Gasteiger partial charge is 0.239 e. The Hall–Kier alpha value is -1.67. The highest BCUT2D eigenvalue weighted by Crippen LogP contribution is 2.46. The molecule has 1 atom stereocenters. The van der Waals surface area contributed by atoms with Crippen LogP contribution in [0.5, 0.6) is 0 Å². The number of β-amino-alcohol motifs (C(OH)–C–C–N with tert-alkyl or cyclic N) is 1. The number of aromatic nitrogens is 1. The molecule has 1 aliphatic carbocycles. The summed E-state index contributed by atoms with van der Waals surface area (Å²) in [7, 11) is -3.88. The maximum Gasteiger partial charge on any atom is 0.239 e. The van der Waals surface area contributed by atoms with Crippen molar-refractivity contribution in [2.45, 2.75) is 41.6 Å². The number of anilines is 1. The first kappa shape index (κ1) is 15.2. The lowest BCUT2D eigenvalue weighted by atomic mass is 10.1. The number of carbonyl (C=O) groups excluding carboxylic acids is 1. The Balaban J connectivity index is 1.94. The Morgan fingerprint density at radius 2 is 2.05 bits per heavy atom. The Morgan fingerprint density at radius 1 is 1.36 bits per heavy atom. The third kappa shape index (κ3) is 2.26. The molecule has 3 rings (SSSR count). The van der Waals surface area contributed by atoms with Crippen molar-refractivity contribution in [2.24, 2.45) is 5.73 Å². The highest BCUT2D eigenvalue weighted by atomic mass is 32.2. The first-order valence-electron chi connectivity index (χ1n) is 7.17. The van der Waals surface area contributed by atoms with Crippen molar-refractivity contribution >= 4 is 21.6 Å². The molecule has 7 nitrogen and oxygen atoms in total. The number of nitrogens with two attached hydrogens (primary N) is 1. The van der Waals surface area contributed by atoms with Crippen molar-refractivity contribution in [3.8, 4) is 0 Å². The molecule has 0 radical (unpaired) electrons. The fraction of sp³-hybridized carbons (Fsp3) is 0.571. The summed E-state index contributed by atoms with van der Waals surface area (Å²) in [4.78, 5) is 17.5. The van der Waals surface area contributed by atoms with E-state index in [-0.39, 0.29) is 17.9 Å². The molecule has 2 fully saturated rings. The molecular weight excluding hydrogens is 306 g/mol. The third-order valence-corrected chi connectivity index (χ3v) is 6.84. The molecule has 2 heterocycles. The summed E-state index contributed by atoms with van der Waals surface area (Å²) in [6, 6.07) is 4.68. The number of aliphatic hydroxyl groups is 1. The van der Waals surface area contributed by atoms with E-state index >= 15 is 0 Å². The molecule has 1 aromatic heterocycles. The van der Waals surface area contributed by atoms with Gasteiger partial charge in [0.25, 0.3) is 0 Å². The van der Waals surface area contributed by atoms with Crippen LogP contribution in [0, 0.1) is 0 Å². The van der Waals surface area contributed by atoms with E-state index in [1.165, 1.54) is 6.07 Å². The molecule has 3 N–H and O–H groups in total. The number of hydrogen-bond donors (Lipinski definition) is 2. The zero-order valence-electron chi connectivity index (χ0n) is 12.3. The molecule has 1 unspecified atom stereocenters. The van der Waals surface area contributed by atoms with Crippen LogP contribution in [0.2, 0.25) is 0 Å². The van der Waals surface area contributed by atoms with Crippen LogP contribution in [0.1, 0.15) is 26.2 Å². The number of nitrogens with zero attached hydrogens (tertiary/aromatic N) is 2. The highest BCUT2D eigenvalue weighted by Gasteiger charge is 2.60. The number of rotatable bonds is 4.